The summed E-state index contributed by atoms with van der Waals surface area (Å²) < 4.78 is 3.71. The maximum Gasteiger partial charge on any atom is 0.198 e. The lowest BCUT2D eigenvalue weighted by Gasteiger charge is -2.04. The molecule has 0 atom stereocenters. The Bertz CT molecular complexity index is 708. The van der Waals surface area contributed by atoms with Gasteiger partial charge in [0.25, 0.3) is 0 Å². The molecule has 0 unspecified atom stereocenters. The average Bonchev–Trinajstić information content (AvgIpc) is 2.97. The second-order valence-corrected chi connectivity index (χ2v) is 4.29. The number of aromatic nitrogens is 3. The summed E-state index contributed by atoms with van der Waals surface area (Å²) in [5.41, 5.74) is 2.62. The van der Waals surface area contributed by atoms with Gasteiger partial charge in [-0.25, -0.2) is 4.98 Å². The van der Waals surface area contributed by atoms with Gasteiger partial charge in [0.05, 0.1) is 29.6 Å². The largest absolute Gasteiger partial charge is 0.348 e. The Morgan fingerprint density at radius 1 is 1.22 bits per heavy atom. The Labute approximate surface area is 104 Å². The van der Waals surface area contributed by atoms with E-state index in [1.807, 2.05) is 58.8 Å². The molecule has 0 amide bonds. The number of hydrogen-bond acceptors (Lipinski definition) is 2. The molecule has 0 aliphatic rings. The quantitative estimate of drug-likeness (QED) is 0.658. The van der Waals surface area contributed by atoms with Crippen LogP contribution in [0.15, 0.2) is 48.9 Å². The molecule has 0 saturated heterocycles. The minimum Gasteiger partial charge on any atom is -0.348 e. The van der Waals surface area contributed by atoms with E-state index in [9.17, 15) is 4.79 Å². The van der Waals surface area contributed by atoms with Crippen molar-refractivity contribution < 1.29 is 4.79 Å². The van der Waals surface area contributed by atoms with Crippen LogP contribution in [0.5, 0.6) is 0 Å². The average molecular weight is 239 g/mol. The van der Waals surface area contributed by atoms with Crippen LogP contribution in [0.4, 0.5) is 0 Å². The van der Waals surface area contributed by atoms with Crippen molar-refractivity contribution in [3.05, 3.63) is 54.6 Å². The molecule has 2 aromatic heterocycles. The second kappa shape index (κ2) is 4.14. The lowest BCUT2D eigenvalue weighted by atomic mass is 10.2. The van der Waals surface area contributed by atoms with E-state index in [0.29, 0.717) is 12.2 Å². The number of ketones is 1. The third kappa shape index (κ3) is 1.72. The van der Waals surface area contributed by atoms with Gasteiger partial charge in [-0.1, -0.05) is 12.1 Å². The van der Waals surface area contributed by atoms with Gasteiger partial charge in [0.1, 0.15) is 0 Å². The number of rotatable bonds is 3. The lowest BCUT2D eigenvalue weighted by molar-refractivity contribution is 0.0965. The highest BCUT2D eigenvalue weighted by Crippen LogP contribution is 2.13. The van der Waals surface area contributed by atoms with E-state index in [0.717, 1.165) is 11.0 Å². The highest BCUT2D eigenvalue weighted by Gasteiger charge is 2.11. The van der Waals surface area contributed by atoms with Crippen molar-refractivity contribution in [1.29, 1.82) is 0 Å². The van der Waals surface area contributed by atoms with Crippen LogP contribution in [0.25, 0.3) is 11.0 Å². The predicted octanol–water partition coefficient (Wildman–Crippen LogP) is 2.26. The number of carbonyl (C=O) groups is 1. The molecule has 2 heterocycles. The lowest BCUT2D eigenvalue weighted by Crippen LogP contribution is -2.12. The first-order valence-electron chi connectivity index (χ1n) is 5.80. The van der Waals surface area contributed by atoms with Crippen LogP contribution in [0.2, 0.25) is 0 Å². The van der Waals surface area contributed by atoms with Gasteiger partial charge in [0, 0.05) is 13.2 Å². The number of carbonyl (C=O) groups excluding carboxylic acids is 1. The summed E-state index contributed by atoms with van der Waals surface area (Å²) in [5, 5.41) is 0. The van der Waals surface area contributed by atoms with Crippen LogP contribution in [0.1, 0.15) is 10.5 Å². The standard InChI is InChI=1S/C14H13N3O/c1-16-8-4-7-13(16)14(18)9-17-10-15-11-5-2-3-6-12(11)17/h2-8,10H,9H2,1H3. The fraction of sp³-hybridized carbons (Fsp3) is 0.143. The minimum atomic E-state index is 0.0886. The highest BCUT2D eigenvalue weighted by atomic mass is 16.1. The molecule has 4 heteroatoms. The molecule has 4 nitrogen and oxygen atoms in total. The molecule has 0 aliphatic carbocycles. The zero-order valence-corrected chi connectivity index (χ0v) is 10.1. The summed E-state index contributed by atoms with van der Waals surface area (Å²) in [6.07, 6.45) is 3.59. The molecule has 0 radical (unpaired) electrons. The molecule has 90 valence electrons. The topological polar surface area (TPSA) is 39.8 Å². The molecule has 0 spiro atoms. The van der Waals surface area contributed by atoms with Crippen LogP contribution < -0.4 is 0 Å². The number of imidazole rings is 1. The number of aryl methyl sites for hydroxylation is 1. The second-order valence-electron chi connectivity index (χ2n) is 4.29. The van der Waals surface area contributed by atoms with Crippen LogP contribution in [-0.2, 0) is 13.6 Å². The fourth-order valence-electron chi connectivity index (χ4n) is 2.12. The van der Waals surface area contributed by atoms with Crippen molar-refractivity contribution in [3.8, 4) is 0 Å². The van der Waals surface area contributed by atoms with E-state index in [-0.39, 0.29) is 5.78 Å². The summed E-state index contributed by atoms with van der Waals surface area (Å²) in [5.74, 6) is 0.0886. The SMILES string of the molecule is Cn1cccc1C(=O)Cn1cnc2ccccc21. The van der Waals surface area contributed by atoms with E-state index in [1.54, 1.807) is 6.33 Å². The van der Waals surface area contributed by atoms with Gasteiger partial charge in [0.15, 0.2) is 5.78 Å². The van der Waals surface area contributed by atoms with Crippen LogP contribution >= 0.6 is 0 Å². The molecule has 18 heavy (non-hydrogen) atoms. The summed E-state index contributed by atoms with van der Waals surface area (Å²) in [6.45, 7) is 0.318. The highest BCUT2D eigenvalue weighted by molar-refractivity contribution is 5.95. The number of Topliss-reactive ketones (excluding diaryl/α,β-unsaturated/α-hetero) is 1. The Hall–Kier alpha value is -2.36. The Morgan fingerprint density at radius 2 is 2.06 bits per heavy atom. The van der Waals surface area contributed by atoms with E-state index < -0.39 is 0 Å². The molecule has 0 aliphatic heterocycles. The van der Waals surface area contributed by atoms with Gasteiger partial charge in [-0.15, -0.1) is 0 Å². The van der Waals surface area contributed by atoms with E-state index in [2.05, 4.69) is 4.98 Å². The molecule has 0 saturated carbocycles. The normalized spacial score (nSPS) is 10.9. The molecular weight excluding hydrogens is 226 g/mol. The fourth-order valence-corrected chi connectivity index (χ4v) is 2.12. The Kier molecular flexibility index (Phi) is 2.48. The van der Waals surface area contributed by atoms with Gasteiger partial charge >= 0.3 is 0 Å². The smallest absolute Gasteiger partial charge is 0.198 e. The zero-order chi connectivity index (χ0) is 12.5. The number of hydrogen-bond donors (Lipinski definition) is 0. The van der Waals surface area contributed by atoms with Crippen molar-refractivity contribution in [2.75, 3.05) is 0 Å². The zero-order valence-electron chi connectivity index (χ0n) is 10.1. The van der Waals surface area contributed by atoms with Crippen molar-refractivity contribution >= 4 is 16.8 Å². The number of para-hydroxylation sites is 2. The maximum atomic E-state index is 12.2. The number of nitrogens with zero attached hydrogens (tertiary/aromatic N) is 3. The third-order valence-corrected chi connectivity index (χ3v) is 3.07. The molecule has 0 N–H and O–H groups in total. The van der Waals surface area contributed by atoms with Crippen molar-refractivity contribution in [3.63, 3.8) is 0 Å². The van der Waals surface area contributed by atoms with Crippen molar-refractivity contribution in [2.45, 2.75) is 6.54 Å². The van der Waals surface area contributed by atoms with E-state index in [4.69, 9.17) is 0 Å². The summed E-state index contributed by atoms with van der Waals surface area (Å²) in [6, 6.07) is 11.5. The first-order valence-corrected chi connectivity index (χ1v) is 5.80. The number of benzene rings is 1. The van der Waals surface area contributed by atoms with Crippen LogP contribution in [0.3, 0.4) is 0 Å². The maximum absolute atomic E-state index is 12.2. The molecular formula is C14H13N3O. The summed E-state index contributed by atoms with van der Waals surface area (Å²) in [7, 11) is 1.87. The summed E-state index contributed by atoms with van der Waals surface area (Å²) in [4.78, 5) is 16.4. The monoisotopic (exact) mass is 239 g/mol. The van der Waals surface area contributed by atoms with Crippen LogP contribution in [-0.4, -0.2) is 19.9 Å². The minimum absolute atomic E-state index is 0.0886. The Balaban J connectivity index is 1.93. The van der Waals surface area contributed by atoms with Gasteiger partial charge in [-0.2, -0.15) is 0 Å². The van der Waals surface area contributed by atoms with Gasteiger partial charge in [-0.05, 0) is 24.3 Å². The van der Waals surface area contributed by atoms with Crippen molar-refractivity contribution in [1.82, 2.24) is 14.1 Å². The predicted molar refractivity (Wildman–Crippen MR) is 69.5 cm³/mol. The summed E-state index contributed by atoms with van der Waals surface area (Å²) >= 11 is 0. The molecule has 1 aromatic carbocycles. The van der Waals surface area contributed by atoms with Gasteiger partial charge in [-0.3, -0.25) is 4.79 Å². The molecule has 0 fully saturated rings. The van der Waals surface area contributed by atoms with Gasteiger partial charge in [0.2, 0.25) is 0 Å². The van der Waals surface area contributed by atoms with E-state index >= 15 is 0 Å². The molecule has 0 bridgehead atoms. The van der Waals surface area contributed by atoms with Gasteiger partial charge < -0.3 is 9.13 Å². The van der Waals surface area contributed by atoms with E-state index in [1.165, 1.54) is 0 Å². The van der Waals surface area contributed by atoms with Crippen molar-refractivity contribution in [2.24, 2.45) is 7.05 Å². The third-order valence-electron chi connectivity index (χ3n) is 3.07. The first kappa shape index (κ1) is 10.8. The van der Waals surface area contributed by atoms with Crippen LogP contribution in [0, 0.1) is 0 Å². The molecule has 3 aromatic rings. The molecule has 3 rings (SSSR count). The number of fused-ring (bicyclic) bond motifs is 1. The Morgan fingerprint density at radius 3 is 2.83 bits per heavy atom. The first-order chi connectivity index (χ1) is 8.75.